The lowest BCUT2D eigenvalue weighted by Crippen LogP contribution is -2.46. The predicted octanol–water partition coefficient (Wildman–Crippen LogP) is 0.862. The van der Waals surface area contributed by atoms with Crippen molar-refractivity contribution in [3.05, 3.63) is 17.5 Å². The normalized spacial score (nSPS) is 13.8. The highest BCUT2D eigenvalue weighted by atomic mass is 16.2. The molecular weight excluding hydrogens is 270 g/mol. The highest BCUT2D eigenvalue weighted by molar-refractivity contribution is 5.92. The van der Waals surface area contributed by atoms with E-state index >= 15 is 0 Å². The van der Waals surface area contributed by atoms with Crippen LogP contribution in [0.3, 0.4) is 0 Å². The van der Waals surface area contributed by atoms with Gasteiger partial charge < -0.3 is 14.7 Å². The van der Waals surface area contributed by atoms with Crippen molar-refractivity contribution in [2.45, 2.75) is 26.9 Å². The van der Waals surface area contributed by atoms with E-state index in [1.54, 1.807) is 25.1 Å². The summed E-state index contributed by atoms with van der Waals surface area (Å²) < 4.78 is 1.82. The Morgan fingerprint density at radius 3 is 2.48 bits per heavy atom. The van der Waals surface area contributed by atoms with Gasteiger partial charge in [-0.1, -0.05) is 0 Å². The summed E-state index contributed by atoms with van der Waals surface area (Å²) in [5.74, 6) is -0.112. The third-order valence-electron chi connectivity index (χ3n) is 3.73. The summed E-state index contributed by atoms with van der Waals surface area (Å²) in [4.78, 5) is 29.4. The van der Waals surface area contributed by atoms with E-state index < -0.39 is 0 Å². The molecule has 7 nitrogen and oxygen atoms in total. The van der Waals surface area contributed by atoms with Crippen molar-refractivity contribution in [2.75, 3.05) is 33.7 Å². The van der Waals surface area contributed by atoms with E-state index in [9.17, 15) is 9.59 Å². The molecule has 21 heavy (non-hydrogen) atoms. The van der Waals surface area contributed by atoms with Crippen LogP contribution < -0.4 is 0 Å². The second kappa shape index (κ2) is 6.15. The predicted molar refractivity (Wildman–Crippen MR) is 79.0 cm³/mol. The van der Waals surface area contributed by atoms with E-state index in [0.29, 0.717) is 38.4 Å². The minimum Gasteiger partial charge on any atom is -0.343 e. The molecule has 0 atom stereocenters. The van der Waals surface area contributed by atoms with Crippen molar-refractivity contribution >= 4 is 11.9 Å². The van der Waals surface area contributed by atoms with Gasteiger partial charge in [0.1, 0.15) is 0 Å². The lowest BCUT2D eigenvalue weighted by molar-refractivity contribution is 0.0820. The molecule has 0 fully saturated rings. The molecule has 0 radical (unpaired) electrons. The fourth-order valence-corrected chi connectivity index (χ4v) is 2.46. The summed E-state index contributed by atoms with van der Waals surface area (Å²) in [7, 11) is 3.41. The number of hydrogen-bond donors (Lipinski definition) is 0. The Morgan fingerprint density at radius 1 is 1.24 bits per heavy atom. The van der Waals surface area contributed by atoms with Gasteiger partial charge in [0.15, 0.2) is 5.69 Å². The van der Waals surface area contributed by atoms with Crippen molar-refractivity contribution < 1.29 is 9.59 Å². The first-order valence-electron chi connectivity index (χ1n) is 7.30. The van der Waals surface area contributed by atoms with Crippen molar-refractivity contribution in [3.8, 4) is 0 Å². The molecule has 0 N–H and O–H groups in total. The number of carbonyl (C=O) groups is 2. The number of amides is 3. The zero-order chi connectivity index (χ0) is 15.6. The van der Waals surface area contributed by atoms with Crippen molar-refractivity contribution in [1.29, 1.82) is 0 Å². The quantitative estimate of drug-likeness (QED) is 0.830. The molecule has 116 valence electrons. The number of fused-ring (bicyclic) bond motifs is 1. The third kappa shape index (κ3) is 3.01. The minimum atomic E-state index is -0.112. The Bertz CT molecular complexity index is 533. The Labute approximate surface area is 125 Å². The standard InChI is InChI=1S/C14H23N5O2/c1-5-17(6-2)14(21)18-7-8-19-11(10-18)9-12(15-19)13(20)16(3)4/h9H,5-8,10H2,1-4H3. The van der Waals surface area contributed by atoms with Crippen LogP contribution in [0.25, 0.3) is 0 Å². The van der Waals surface area contributed by atoms with Crippen molar-refractivity contribution in [3.63, 3.8) is 0 Å². The van der Waals surface area contributed by atoms with E-state index in [0.717, 1.165) is 5.69 Å². The molecule has 2 heterocycles. The van der Waals surface area contributed by atoms with Gasteiger partial charge in [-0.25, -0.2) is 4.79 Å². The third-order valence-corrected chi connectivity index (χ3v) is 3.73. The maximum atomic E-state index is 12.4. The van der Waals surface area contributed by atoms with E-state index in [-0.39, 0.29) is 11.9 Å². The Kier molecular flexibility index (Phi) is 4.50. The minimum absolute atomic E-state index is 0.0490. The van der Waals surface area contributed by atoms with Gasteiger partial charge in [-0.15, -0.1) is 0 Å². The average molecular weight is 293 g/mol. The molecule has 1 aromatic heterocycles. The van der Waals surface area contributed by atoms with Gasteiger partial charge in [0.2, 0.25) is 0 Å². The van der Waals surface area contributed by atoms with Crippen LogP contribution in [0.5, 0.6) is 0 Å². The van der Waals surface area contributed by atoms with Crippen LogP contribution in [0.2, 0.25) is 0 Å². The SMILES string of the molecule is CCN(CC)C(=O)N1CCn2nc(C(=O)N(C)C)cc2C1. The average Bonchev–Trinajstić information content (AvgIpc) is 2.90. The second-order valence-electron chi connectivity index (χ2n) is 5.32. The number of carbonyl (C=O) groups excluding carboxylic acids is 2. The first-order valence-corrected chi connectivity index (χ1v) is 7.30. The van der Waals surface area contributed by atoms with Crippen LogP contribution in [-0.2, 0) is 13.1 Å². The summed E-state index contributed by atoms with van der Waals surface area (Å²) in [5, 5.41) is 4.32. The van der Waals surface area contributed by atoms with E-state index in [2.05, 4.69) is 5.10 Å². The van der Waals surface area contributed by atoms with Crippen LogP contribution >= 0.6 is 0 Å². The van der Waals surface area contributed by atoms with E-state index in [1.807, 2.05) is 23.4 Å². The molecule has 0 aromatic carbocycles. The highest BCUT2D eigenvalue weighted by Crippen LogP contribution is 2.16. The number of hydrogen-bond acceptors (Lipinski definition) is 3. The zero-order valence-corrected chi connectivity index (χ0v) is 13.2. The van der Waals surface area contributed by atoms with Gasteiger partial charge in [-0.2, -0.15) is 5.10 Å². The number of aromatic nitrogens is 2. The fraction of sp³-hybridized carbons (Fsp3) is 0.643. The van der Waals surface area contributed by atoms with Crippen LogP contribution in [0.15, 0.2) is 6.07 Å². The van der Waals surface area contributed by atoms with Gasteiger partial charge >= 0.3 is 6.03 Å². The van der Waals surface area contributed by atoms with Gasteiger partial charge in [-0.3, -0.25) is 9.48 Å². The summed E-state index contributed by atoms with van der Waals surface area (Å²) in [6, 6.07) is 1.83. The van der Waals surface area contributed by atoms with Crippen molar-refractivity contribution in [2.24, 2.45) is 0 Å². The van der Waals surface area contributed by atoms with E-state index in [4.69, 9.17) is 0 Å². The van der Waals surface area contributed by atoms with Gasteiger partial charge in [0.25, 0.3) is 5.91 Å². The number of urea groups is 1. The summed E-state index contributed by atoms with van der Waals surface area (Å²) >= 11 is 0. The number of rotatable bonds is 3. The monoisotopic (exact) mass is 293 g/mol. The topological polar surface area (TPSA) is 61.7 Å². The molecule has 0 unspecified atom stereocenters. The van der Waals surface area contributed by atoms with Crippen LogP contribution in [0, 0.1) is 0 Å². The van der Waals surface area contributed by atoms with Crippen LogP contribution in [-0.4, -0.2) is 70.1 Å². The smallest absolute Gasteiger partial charge is 0.320 e. The van der Waals surface area contributed by atoms with Gasteiger partial charge in [0.05, 0.1) is 18.8 Å². The van der Waals surface area contributed by atoms with Gasteiger partial charge in [0, 0.05) is 33.7 Å². The molecule has 1 aliphatic rings. The first-order chi connectivity index (χ1) is 9.97. The molecule has 2 rings (SSSR count). The van der Waals surface area contributed by atoms with Crippen molar-refractivity contribution in [1.82, 2.24) is 24.5 Å². The summed E-state index contributed by atoms with van der Waals surface area (Å²) in [5.41, 5.74) is 1.35. The molecule has 0 spiro atoms. The molecule has 7 heteroatoms. The first kappa shape index (κ1) is 15.3. The van der Waals surface area contributed by atoms with Crippen LogP contribution in [0.1, 0.15) is 30.0 Å². The Morgan fingerprint density at radius 2 is 1.90 bits per heavy atom. The molecule has 0 saturated carbocycles. The zero-order valence-electron chi connectivity index (χ0n) is 13.2. The molecule has 3 amide bonds. The second-order valence-corrected chi connectivity index (χ2v) is 5.32. The Hall–Kier alpha value is -2.05. The molecule has 0 bridgehead atoms. The molecule has 1 aliphatic heterocycles. The maximum Gasteiger partial charge on any atom is 0.320 e. The Balaban J connectivity index is 2.14. The summed E-state index contributed by atoms with van der Waals surface area (Å²) in [6.45, 7) is 7.11. The lowest BCUT2D eigenvalue weighted by atomic mass is 10.2. The molecular formula is C14H23N5O2. The molecule has 1 aromatic rings. The summed E-state index contributed by atoms with van der Waals surface area (Å²) in [6.07, 6.45) is 0. The molecule has 0 aliphatic carbocycles. The largest absolute Gasteiger partial charge is 0.343 e. The lowest BCUT2D eigenvalue weighted by Gasteiger charge is -2.32. The van der Waals surface area contributed by atoms with Gasteiger partial charge in [-0.05, 0) is 19.9 Å². The number of nitrogens with zero attached hydrogens (tertiary/aromatic N) is 5. The maximum absolute atomic E-state index is 12.4. The van der Waals surface area contributed by atoms with E-state index in [1.165, 1.54) is 4.90 Å². The van der Waals surface area contributed by atoms with Crippen LogP contribution in [0.4, 0.5) is 4.79 Å². The highest BCUT2D eigenvalue weighted by Gasteiger charge is 2.26. The fourth-order valence-electron chi connectivity index (χ4n) is 2.46. The molecule has 0 saturated heterocycles.